The van der Waals surface area contributed by atoms with Crippen molar-refractivity contribution in [3.63, 3.8) is 0 Å². The van der Waals surface area contributed by atoms with Gasteiger partial charge in [-0.25, -0.2) is 0 Å². The molecule has 3 rings (SSSR count). The normalized spacial score (nSPS) is 19.1. The zero-order valence-corrected chi connectivity index (χ0v) is 14.2. The molecular weight excluding hydrogens is 340 g/mol. The fraction of sp³-hybridized carbons (Fsp3) is 0.176. The van der Waals surface area contributed by atoms with E-state index in [0.717, 1.165) is 0 Å². The molecule has 1 aromatic carbocycles. The number of hydrogen-bond donors (Lipinski definition) is 2. The summed E-state index contributed by atoms with van der Waals surface area (Å²) in [6.07, 6.45) is 1.61. The summed E-state index contributed by atoms with van der Waals surface area (Å²) in [6, 6.07) is 12.6. The van der Waals surface area contributed by atoms with Gasteiger partial charge in [0.15, 0.2) is 5.17 Å². The van der Waals surface area contributed by atoms with Gasteiger partial charge in [0.1, 0.15) is 16.7 Å². The largest absolute Gasteiger partial charge is 0.463 e. The number of anilines is 1. The van der Waals surface area contributed by atoms with Crippen LogP contribution in [0.3, 0.4) is 0 Å². The highest BCUT2D eigenvalue weighted by Gasteiger charge is 2.32. The number of amidine groups is 1. The number of benzene rings is 1. The molecule has 1 aliphatic rings. The van der Waals surface area contributed by atoms with E-state index in [1.807, 2.05) is 18.2 Å². The summed E-state index contributed by atoms with van der Waals surface area (Å²) in [6.45, 7) is 1.76. The van der Waals surface area contributed by atoms with Gasteiger partial charge in [0, 0.05) is 12.1 Å². The van der Waals surface area contributed by atoms with Crippen molar-refractivity contribution in [1.82, 2.24) is 5.32 Å². The number of nitrogens with zero attached hydrogens (tertiary/aromatic N) is 2. The molecule has 0 aliphatic carbocycles. The second kappa shape index (κ2) is 7.80. The average Bonchev–Trinajstić information content (AvgIpc) is 3.24. The van der Waals surface area contributed by atoms with Gasteiger partial charge in [0.25, 0.3) is 0 Å². The fourth-order valence-corrected chi connectivity index (χ4v) is 3.06. The molecular formula is C17H16N4O3S. The summed E-state index contributed by atoms with van der Waals surface area (Å²) in [7, 11) is 0. The summed E-state index contributed by atoms with van der Waals surface area (Å²) in [5.41, 5.74) is 1.29. The average molecular weight is 356 g/mol. The van der Waals surface area contributed by atoms with E-state index >= 15 is 0 Å². The lowest BCUT2D eigenvalue weighted by molar-refractivity contribution is -0.122. The molecule has 2 aromatic rings. The van der Waals surface area contributed by atoms with Crippen LogP contribution in [0.25, 0.3) is 0 Å². The maximum Gasteiger partial charge on any atom is 0.240 e. The molecule has 128 valence electrons. The molecule has 0 spiro atoms. The molecule has 0 saturated carbocycles. The second-order valence-electron chi connectivity index (χ2n) is 5.28. The lowest BCUT2D eigenvalue weighted by Gasteiger charge is -2.06. The predicted octanol–water partition coefficient (Wildman–Crippen LogP) is 2.62. The summed E-state index contributed by atoms with van der Waals surface area (Å²) in [5.74, 6) is 0.130. The lowest BCUT2D eigenvalue weighted by atomic mass is 10.2. The van der Waals surface area contributed by atoms with Crippen molar-refractivity contribution in [3.05, 3.63) is 54.5 Å². The maximum atomic E-state index is 12.1. The Morgan fingerprint density at radius 2 is 2.08 bits per heavy atom. The first-order chi connectivity index (χ1) is 12.1. The Bertz CT molecular complexity index is 816. The minimum Gasteiger partial charge on any atom is -0.463 e. The minimum absolute atomic E-state index is 0.0608. The lowest BCUT2D eigenvalue weighted by Crippen LogP contribution is -2.28. The molecule has 2 N–H and O–H groups in total. The number of carbonyl (C=O) groups is 2. The van der Waals surface area contributed by atoms with E-state index in [0.29, 0.717) is 22.3 Å². The standard InChI is InChI=1S/C17H16N4O3S/c1-11(13-8-5-9-24-13)20-21-17-19-16(23)14(25-17)10-15(22)18-12-6-3-2-4-7-12/h2-9,14H,10H2,1H3,(H,18,22)(H,19,21,23). The third kappa shape index (κ3) is 4.57. The topological polar surface area (TPSA) is 96.1 Å². The molecule has 2 amide bonds. The van der Waals surface area contributed by atoms with Crippen LogP contribution in [0.5, 0.6) is 0 Å². The van der Waals surface area contributed by atoms with Crippen LogP contribution in [0.4, 0.5) is 5.69 Å². The molecule has 1 aliphatic heterocycles. The van der Waals surface area contributed by atoms with Gasteiger partial charge in [0.2, 0.25) is 11.8 Å². The molecule has 1 atom stereocenters. The second-order valence-corrected chi connectivity index (χ2v) is 6.47. The van der Waals surface area contributed by atoms with E-state index < -0.39 is 5.25 Å². The summed E-state index contributed by atoms with van der Waals surface area (Å²) < 4.78 is 5.21. The zero-order valence-electron chi connectivity index (χ0n) is 13.4. The van der Waals surface area contributed by atoms with Gasteiger partial charge in [-0.2, -0.15) is 0 Å². The Morgan fingerprint density at radius 3 is 2.80 bits per heavy atom. The molecule has 1 fully saturated rings. The highest BCUT2D eigenvalue weighted by atomic mass is 32.2. The Kier molecular flexibility index (Phi) is 5.30. The van der Waals surface area contributed by atoms with Crippen LogP contribution in [-0.4, -0.2) is 27.9 Å². The van der Waals surface area contributed by atoms with Crippen molar-refractivity contribution in [2.45, 2.75) is 18.6 Å². The number of furan rings is 1. The number of carbonyl (C=O) groups excluding carboxylic acids is 2. The van der Waals surface area contributed by atoms with Crippen LogP contribution in [0.2, 0.25) is 0 Å². The molecule has 1 aromatic heterocycles. The fourth-order valence-electron chi connectivity index (χ4n) is 2.14. The quantitative estimate of drug-likeness (QED) is 0.636. The first-order valence-electron chi connectivity index (χ1n) is 7.60. The highest BCUT2D eigenvalue weighted by Crippen LogP contribution is 2.23. The Balaban J connectivity index is 1.58. The molecule has 0 bridgehead atoms. The van der Waals surface area contributed by atoms with Crippen molar-refractivity contribution in [2.75, 3.05) is 5.32 Å². The van der Waals surface area contributed by atoms with Crippen molar-refractivity contribution >= 4 is 40.1 Å². The van der Waals surface area contributed by atoms with Crippen molar-refractivity contribution in [3.8, 4) is 0 Å². The molecule has 25 heavy (non-hydrogen) atoms. The van der Waals surface area contributed by atoms with Gasteiger partial charge < -0.3 is 15.1 Å². The number of amides is 2. The summed E-state index contributed by atoms with van der Waals surface area (Å²) in [5, 5.41) is 13.3. The van der Waals surface area contributed by atoms with Gasteiger partial charge in [-0.1, -0.05) is 30.0 Å². The molecule has 0 radical (unpaired) electrons. The van der Waals surface area contributed by atoms with Crippen molar-refractivity contribution < 1.29 is 14.0 Å². The van der Waals surface area contributed by atoms with Crippen molar-refractivity contribution in [1.29, 1.82) is 0 Å². The van der Waals surface area contributed by atoms with Crippen LogP contribution < -0.4 is 10.6 Å². The van der Waals surface area contributed by atoms with Crippen LogP contribution in [0.1, 0.15) is 19.1 Å². The van der Waals surface area contributed by atoms with Gasteiger partial charge in [-0.05, 0) is 31.2 Å². The van der Waals surface area contributed by atoms with E-state index in [-0.39, 0.29) is 18.2 Å². The van der Waals surface area contributed by atoms with E-state index in [4.69, 9.17) is 4.42 Å². The Labute approximate surface area is 148 Å². The Morgan fingerprint density at radius 1 is 1.28 bits per heavy atom. The SMILES string of the molecule is CC(=N/N=C1/NC(=O)C(CC(=O)Nc2ccccc2)S1)c1ccco1. The van der Waals surface area contributed by atoms with E-state index in [1.54, 1.807) is 37.5 Å². The molecule has 8 heteroatoms. The first-order valence-corrected chi connectivity index (χ1v) is 8.48. The first kappa shape index (κ1) is 17.0. The van der Waals surface area contributed by atoms with Gasteiger partial charge >= 0.3 is 0 Å². The number of nitrogens with one attached hydrogen (secondary N) is 2. The van der Waals surface area contributed by atoms with E-state index in [1.165, 1.54) is 11.8 Å². The number of rotatable bonds is 5. The molecule has 1 unspecified atom stereocenters. The molecule has 2 heterocycles. The van der Waals surface area contributed by atoms with Gasteiger partial charge in [0.05, 0.1) is 6.26 Å². The monoisotopic (exact) mass is 356 g/mol. The maximum absolute atomic E-state index is 12.1. The zero-order chi connectivity index (χ0) is 17.6. The van der Waals surface area contributed by atoms with E-state index in [9.17, 15) is 9.59 Å². The summed E-state index contributed by atoms with van der Waals surface area (Å²) in [4.78, 5) is 24.0. The number of para-hydroxylation sites is 1. The van der Waals surface area contributed by atoms with Crippen LogP contribution in [0.15, 0.2) is 63.3 Å². The van der Waals surface area contributed by atoms with Gasteiger partial charge in [-0.15, -0.1) is 10.2 Å². The Hall–Kier alpha value is -2.87. The third-order valence-corrected chi connectivity index (χ3v) is 4.45. The smallest absolute Gasteiger partial charge is 0.240 e. The molecule has 1 saturated heterocycles. The van der Waals surface area contributed by atoms with Crippen LogP contribution >= 0.6 is 11.8 Å². The van der Waals surface area contributed by atoms with Gasteiger partial charge in [-0.3, -0.25) is 9.59 Å². The van der Waals surface area contributed by atoms with Crippen LogP contribution in [0, 0.1) is 0 Å². The van der Waals surface area contributed by atoms with Crippen molar-refractivity contribution in [2.24, 2.45) is 10.2 Å². The number of hydrogen-bond acceptors (Lipinski definition) is 6. The number of thioether (sulfide) groups is 1. The predicted molar refractivity (Wildman–Crippen MR) is 97.6 cm³/mol. The van der Waals surface area contributed by atoms with E-state index in [2.05, 4.69) is 20.8 Å². The highest BCUT2D eigenvalue weighted by molar-refractivity contribution is 8.15. The summed E-state index contributed by atoms with van der Waals surface area (Å²) >= 11 is 1.19. The minimum atomic E-state index is -0.526. The third-order valence-electron chi connectivity index (χ3n) is 3.37. The van der Waals surface area contributed by atoms with Crippen LogP contribution in [-0.2, 0) is 9.59 Å². The molecule has 7 nitrogen and oxygen atoms in total.